The third kappa shape index (κ3) is 7.07. The van der Waals surface area contributed by atoms with Crippen LogP contribution in [0.15, 0.2) is 4.99 Å². The molecule has 0 aliphatic rings. The number of methoxy groups -OCH3 is 1. The number of aryl methyl sites for hydroxylation is 2. The molecule has 0 unspecified atom stereocenters. The number of hydrogen-bond donors (Lipinski definition) is 2. The zero-order valence-corrected chi connectivity index (χ0v) is 14.9. The molecule has 0 spiro atoms. The van der Waals surface area contributed by atoms with Crippen molar-refractivity contribution in [1.82, 2.24) is 10.3 Å². The van der Waals surface area contributed by atoms with E-state index in [2.05, 4.69) is 29.1 Å². The molecular weight excluding hydrogens is 375 g/mol. The average molecular weight is 398 g/mol. The van der Waals surface area contributed by atoms with E-state index in [0.29, 0.717) is 19.1 Å². The van der Waals surface area contributed by atoms with Gasteiger partial charge in [-0.3, -0.25) is 4.99 Å². The van der Waals surface area contributed by atoms with Gasteiger partial charge in [0.1, 0.15) is 0 Å². The van der Waals surface area contributed by atoms with Gasteiger partial charge in [0, 0.05) is 25.0 Å². The molecule has 0 aliphatic heterocycles. The molecule has 1 heterocycles. The minimum Gasteiger partial charge on any atom is -0.383 e. The Morgan fingerprint density at radius 2 is 2.26 bits per heavy atom. The van der Waals surface area contributed by atoms with E-state index in [4.69, 9.17) is 10.5 Å². The minimum absolute atomic E-state index is 0. The van der Waals surface area contributed by atoms with Crippen LogP contribution in [-0.2, 0) is 17.6 Å². The molecule has 0 atom stereocenters. The molecule has 110 valence electrons. The van der Waals surface area contributed by atoms with Crippen molar-refractivity contribution in [2.24, 2.45) is 10.7 Å². The zero-order valence-electron chi connectivity index (χ0n) is 11.7. The van der Waals surface area contributed by atoms with Crippen LogP contribution in [0.3, 0.4) is 0 Å². The fourth-order valence-corrected chi connectivity index (χ4v) is 2.55. The molecule has 1 aromatic rings. The molecular formula is C12H23IN4OS. The van der Waals surface area contributed by atoms with Crippen LogP contribution in [0.4, 0.5) is 0 Å². The van der Waals surface area contributed by atoms with E-state index in [-0.39, 0.29) is 24.0 Å². The number of rotatable bonds is 7. The SMILES string of the molecule is CCc1nc(CCNC(N)=NCCOC)sc1C.I. The first-order valence-corrected chi connectivity index (χ1v) is 6.97. The summed E-state index contributed by atoms with van der Waals surface area (Å²) in [6, 6.07) is 0. The monoisotopic (exact) mass is 398 g/mol. The Kier molecular flexibility index (Phi) is 10.2. The maximum atomic E-state index is 5.71. The maximum absolute atomic E-state index is 5.71. The summed E-state index contributed by atoms with van der Waals surface area (Å²) < 4.78 is 4.90. The molecule has 7 heteroatoms. The first kappa shape index (κ1) is 18.6. The second-order valence-electron chi connectivity index (χ2n) is 3.90. The van der Waals surface area contributed by atoms with Gasteiger partial charge in [0.15, 0.2) is 5.96 Å². The molecule has 0 aromatic carbocycles. The van der Waals surface area contributed by atoms with Crippen LogP contribution in [0.5, 0.6) is 0 Å². The summed E-state index contributed by atoms with van der Waals surface area (Å²) in [6.07, 6.45) is 1.88. The van der Waals surface area contributed by atoms with Gasteiger partial charge >= 0.3 is 0 Å². The van der Waals surface area contributed by atoms with E-state index in [1.807, 2.05) is 0 Å². The van der Waals surface area contributed by atoms with Crippen LogP contribution >= 0.6 is 35.3 Å². The standard InChI is InChI=1S/C12H22N4OS.HI/c1-4-10-9(2)18-11(16-10)5-6-14-12(13)15-7-8-17-3;/h4-8H2,1-3H3,(H3,13,14,15);1H. The van der Waals surface area contributed by atoms with Gasteiger partial charge in [0.05, 0.1) is 23.9 Å². The van der Waals surface area contributed by atoms with Crippen molar-refractivity contribution in [3.05, 3.63) is 15.6 Å². The van der Waals surface area contributed by atoms with E-state index in [1.54, 1.807) is 18.4 Å². The average Bonchev–Trinajstić information content (AvgIpc) is 2.70. The van der Waals surface area contributed by atoms with E-state index in [0.717, 1.165) is 24.4 Å². The van der Waals surface area contributed by atoms with Crippen molar-refractivity contribution in [3.8, 4) is 0 Å². The van der Waals surface area contributed by atoms with Crippen molar-refractivity contribution >= 4 is 41.3 Å². The number of nitrogens with two attached hydrogens (primary N) is 1. The molecule has 0 fully saturated rings. The van der Waals surface area contributed by atoms with Gasteiger partial charge in [-0.25, -0.2) is 4.98 Å². The molecule has 3 N–H and O–H groups in total. The molecule has 19 heavy (non-hydrogen) atoms. The fraction of sp³-hybridized carbons (Fsp3) is 0.667. The Labute approximate surface area is 136 Å². The predicted molar refractivity (Wildman–Crippen MR) is 91.7 cm³/mol. The van der Waals surface area contributed by atoms with E-state index in [1.165, 1.54) is 10.6 Å². The van der Waals surface area contributed by atoms with E-state index < -0.39 is 0 Å². The minimum atomic E-state index is 0. The highest BCUT2D eigenvalue weighted by molar-refractivity contribution is 14.0. The molecule has 0 saturated heterocycles. The van der Waals surface area contributed by atoms with Crippen molar-refractivity contribution in [2.75, 3.05) is 26.8 Å². The number of nitrogens with one attached hydrogen (secondary N) is 1. The van der Waals surface area contributed by atoms with E-state index >= 15 is 0 Å². The number of aromatic nitrogens is 1. The van der Waals surface area contributed by atoms with E-state index in [9.17, 15) is 0 Å². The van der Waals surface area contributed by atoms with Crippen LogP contribution in [-0.4, -0.2) is 37.7 Å². The maximum Gasteiger partial charge on any atom is 0.188 e. The third-order valence-electron chi connectivity index (χ3n) is 2.49. The first-order chi connectivity index (χ1) is 8.67. The molecule has 0 amide bonds. The van der Waals surface area contributed by atoms with Crippen LogP contribution in [0, 0.1) is 6.92 Å². The Morgan fingerprint density at radius 3 is 2.84 bits per heavy atom. The molecule has 0 aliphatic carbocycles. The summed E-state index contributed by atoms with van der Waals surface area (Å²) in [6.45, 7) is 6.19. The Morgan fingerprint density at radius 1 is 1.53 bits per heavy atom. The highest BCUT2D eigenvalue weighted by Crippen LogP contribution is 2.17. The van der Waals surface area contributed by atoms with Gasteiger partial charge in [-0.1, -0.05) is 6.92 Å². The zero-order chi connectivity index (χ0) is 13.4. The first-order valence-electron chi connectivity index (χ1n) is 6.15. The lowest BCUT2D eigenvalue weighted by Gasteiger charge is -2.03. The molecule has 0 radical (unpaired) electrons. The van der Waals surface area contributed by atoms with Crippen LogP contribution < -0.4 is 11.1 Å². The predicted octanol–water partition coefficient (Wildman–Crippen LogP) is 1.73. The number of hydrogen-bond acceptors (Lipinski definition) is 4. The second kappa shape index (κ2) is 10.4. The van der Waals surface area contributed by atoms with Gasteiger partial charge in [-0.15, -0.1) is 35.3 Å². The summed E-state index contributed by atoms with van der Waals surface area (Å²) in [7, 11) is 1.65. The number of thiazole rings is 1. The van der Waals surface area contributed by atoms with Gasteiger partial charge in [-0.05, 0) is 13.3 Å². The van der Waals surface area contributed by atoms with Gasteiger partial charge in [0.2, 0.25) is 0 Å². The Bertz CT molecular complexity index is 395. The van der Waals surface area contributed by atoms with Crippen LogP contribution in [0.25, 0.3) is 0 Å². The summed E-state index contributed by atoms with van der Waals surface area (Å²) in [4.78, 5) is 10.0. The third-order valence-corrected chi connectivity index (χ3v) is 3.57. The number of guanidine groups is 1. The molecule has 1 rings (SSSR count). The lowest BCUT2D eigenvalue weighted by Crippen LogP contribution is -2.33. The fourth-order valence-electron chi connectivity index (χ4n) is 1.53. The lowest BCUT2D eigenvalue weighted by atomic mass is 10.3. The summed E-state index contributed by atoms with van der Waals surface area (Å²) in [5.74, 6) is 0.469. The van der Waals surface area contributed by atoms with Crippen LogP contribution in [0.1, 0.15) is 22.5 Å². The largest absolute Gasteiger partial charge is 0.383 e. The van der Waals surface area contributed by atoms with Gasteiger partial charge < -0.3 is 15.8 Å². The highest BCUT2D eigenvalue weighted by atomic mass is 127. The van der Waals surface area contributed by atoms with Gasteiger partial charge in [-0.2, -0.15) is 0 Å². The van der Waals surface area contributed by atoms with Crippen LogP contribution in [0.2, 0.25) is 0 Å². The van der Waals surface area contributed by atoms with Crippen molar-refractivity contribution < 1.29 is 4.74 Å². The quantitative estimate of drug-likeness (QED) is 0.318. The summed E-state index contributed by atoms with van der Waals surface area (Å²) >= 11 is 1.76. The number of nitrogens with zero attached hydrogens (tertiary/aromatic N) is 2. The highest BCUT2D eigenvalue weighted by Gasteiger charge is 2.05. The molecule has 5 nitrogen and oxygen atoms in total. The number of aliphatic imine (C=N–C) groups is 1. The second-order valence-corrected chi connectivity index (χ2v) is 5.19. The molecule has 0 bridgehead atoms. The normalized spacial score (nSPS) is 11.2. The van der Waals surface area contributed by atoms with Gasteiger partial charge in [0.25, 0.3) is 0 Å². The van der Waals surface area contributed by atoms with Crippen molar-refractivity contribution in [2.45, 2.75) is 26.7 Å². The Hall–Kier alpha value is -0.410. The van der Waals surface area contributed by atoms with Crippen molar-refractivity contribution in [3.63, 3.8) is 0 Å². The smallest absolute Gasteiger partial charge is 0.188 e. The number of ether oxygens (including phenoxy) is 1. The topological polar surface area (TPSA) is 72.5 Å². The molecule has 1 aromatic heterocycles. The summed E-state index contributed by atoms with van der Waals surface area (Å²) in [5.41, 5.74) is 6.91. The Balaban J connectivity index is 0.00000324. The van der Waals surface area contributed by atoms with Crippen molar-refractivity contribution in [1.29, 1.82) is 0 Å². The molecule has 0 saturated carbocycles. The summed E-state index contributed by atoms with van der Waals surface area (Å²) in [5, 5.41) is 4.23. The number of halogens is 1. The lowest BCUT2D eigenvalue weighted by molar-refractivity contribution is 0.208.